The number of carbonyl (C=O) groups is 3. The zero-order valence-electron chi connectivity index (χ0n) is 25.3. The number of alkyl halides is 1. The van der Waals surface area contributed by atoms with Crippen LogP contribution in [-0.4, -0.2) is 68.9 Å². The molecule has 4 rings (SSSR count). The van der Waals surface area contributed by atoms with Crippen LogP contribution in [0, 0.1) is 11.8 Å². The molecule has 232 valence electrons. The minimum Gasteiger partial charge on any atom is -0.463 e. The van der Waals surface area contributed by atoms with Crippen molar-refractivity contribution in [3.05, 3.63) is 42.2 Å². The number of benzene rings is 1. The molecule has 2 N–H and O–H groups in total. The molecule has 1 aliphatic heterocycles. The Labute approximate surface area is 249 Å². The van der Waals surface area contributed by atoms with E-state index in [0.717, 1.165) is 5.56 Å². The van der Waals surface area contributed by atoms with E-state index < -0.39 is 36.0 Å². The van der Waals surface area contributed by atoms with E-state index in [0.29, 0.717) is 11.3 Å². The van der Waals surface area contributed by atoms with E-state index in [1.54, 1.807) is 19.2 Å². The molecule has 1 aromatic carbocycles. The van der Waals surface area contributed by atoms with Crippen molar-refractivity contribution in [1.29, 1.82) is 0 Å². The number of esters is 2. The van der Waals surface area contributed by atoms with Gasteiger partial charge in [0, 0.05) is 19.9 Å². The summed E-state index contributed by atoms with van der Waals surface area (Å²) in [5.74, 6) is -0.984. The van der Waals surface area contributed by atoms with Gasteiger partial charge in [0.05, 0.1) is 12.7 Å². The summed E-state index contributed by atoms with van der Waals surface area (Å²) in [5.41, 5.74) is -1.03. The number of fused-ring (bicyclic) bond motifs is 1. The number of carbonyl (C=O) groups excluding carboxylic acids is 3. The number of ether oxygens (including phenoxy) is 3. The average Bonchev–Trinajstić information content (AvgIpc) is 3.44. The Balaban J connectivity index is 1.63. The third-order valence-electron chi connectivity index (χ3n) is 6.87. The predicted molar refractivity (Wildman–Crippen MR) is 157 cm³/mol. The standard InChI is InChI=1S/C30H39FN6O6/c1-17(2)12-21(38)34-29-35-26(32-6)24-27(36-29)37(16-33-24)28-30(5,31)25(43-23(40)13-18(3)4)20(42-28)15-41-22(39)14-19-10-8-7-9-11-19/h7-11,16-18,20,25,28H,12-15H2,1-6H3,(H2,32,34,35,36,38)/t20-,25-,28-,30-/m1/s1. The number of nitrogens with one attached hydrogen (secondary N) is 2. The summed E-state index contributed by atoms with van der Waals surface area (Å²) in [4.78, 5) is 50.9. The maximum atomic E-state index is 16.8. The molecule has 2 aromatic heterocycles. The Morgan fingerprint density at radius 2 is 1.77 bits per heavy atom. The lowest BCUT2D eigenvalue weighted by molar-refractivity contribution is -0.161. The van der Waals surface area contributed by atoms with Crippen molar-refractivity contribution >= 4 is 40.8 Å². The summed E-state index contributed by atoms with van der Waals surface area (Å²) in [6.07, 6.45) is -2.19. The summed E-state index contributed by atoms with van der Waals surface area (Å²) < 4.78 is 35.4. The first-order chi connectivity index (χ1) is 20.4. The van der Waals surface area contributed by atoms with Crippen LogP contribution in [0.1, 0.15) is 59.3 Å². The number of hydrogen-bond acceptors (Lipinski definition) is 10. The maximum absolute atomic E-state index is 16.8. The quantitative estimate of drug-likeness (QED) is 0.291. The van der Waals surface area contributed by atoms with Crippen LogP contribution in [0.4, 0.5) is 16.2 Å². The van der Waals surface area contributed by atoms with E-state index in [9.17, 15) is 14.4 Å². The molecule has 1 amide bonds. The molecule has 43 heavy (non-hydrogen) atoms. The van der Waals surface area contributed by atoms with Gasteiger partial charge in [0.15, 0.2) is 35.0 Å². The second-order valence-corrected chi connectivity index (χ2v) is 11.6. The monoisotopic (exact) mass is 598 g/mol. The predicted octanol–water partition coefficient (Wildman–Crippen LogP) is 4.22. The van der Waals surface area contributed by atoms with Gasteiger partial charge in [-0.3, -0.25) is 24.3 Å². The number of hydrogen-bond donors (Lipinski definition) is 2. The Morgan fingerprint density at radius 3 is 2.42 bits per heavy atom. The zero-order valence-corrected chi connectivity index (χ0v) is 25.3. The molecule has 0 aliphatic carbocycles. The van der Waals surface area contributed by atoms with Gasteiger partial charge in [0.1, 0.15) is 12.7 Å². The zero-order chi connectivity index (χ0) is 31.3. The van der Waals surface area contributed by atoms with Crippen LogP contribution in [0.15, 0.2) is 36.7 Å². The molecule has 3 aromatic rings. The first kappa shape index (κ1) is 31.8. The van der Waals surface area contributed by atoms with E-state index in [4.69, 9.17) is 14.2 Å². The third-order valence-corrected chi connectivity index (χ3v) is 6.87. The molecule has 1 saturated heterocycles. The van der Waals surface area contributed by atoms with Crippen molar-refractivity contribution in [2.24, 2.45) is 11.8 Å². The van der Waals surface area contributed by atoms with Crippen LogP contribution in [-0.2, 0) is 35.0 Å². The molecule has 0 unspecified atom stereocenters. The van der Waals surface area contributed by atoms with Crippen molar-refractivity contribution in [3.63, 3.8) is 0 Å². The van der Waals surface area contributed by atoms with Crippen LogP contribution >= 0.6 is 0 Å². The normalized spacial score (nSPS) is 21.7. The minimum absolute atomic E-state index is 0.00844. The largest absolute Gasteiger partial charge is 0.463 e. The van der Waals surface area contributed by atoms with Gasteiger partial charge in [-0.05, 0) is 24.3 Å². The lowest BCUT2D eigenvalue weighted by Crippen LogP contribution is -2.44. The van der Waals surface area contributed by atoms with Crippen molar-refractivity contribution < 1.29 is 33.0 Å². The number of halogens is 1. The molecule has 1 aliphatic rings. The first-order valence-electron chi connectivity index (χ1n) is 14.3. The highest BCUT2D eigenvalue weighted by Gasteiger charge is 2.58. The van der Waals surface area contributed by atoms with E-state index in [2.05, 4.69) is 25.6 Å². The van der Waals surface area contributed by atoms with Crippen molar-refractivity contribution in [2.75, 3.05) is 24.3 Å². The molecule has 0 saturated carbocycles. The van der Waals surface area contributed by atoms with Gasteiger partial charge < -0.3 is 19.5 Å². The summed E-state index contributed by atoms with van der Waals surface area (Å²) in [5, 5.41) is 5.60. The summed E-state index contributed by atoms with van der Waals surface area (Å²) >= 11 is 0. The second kappa shape index (κ2) is 13.4. The fourth-order valence-corrected chi connectivity index (χ4v) is 4.91. The van der Waals surface area contributed by atoms with Gasteiger partial charge in [-0.25, -0.2) is 9.37 Å². The van der Waals surface area contributed by atoms with Crippen LogP contribution in [0.2, 0.25) is 0 Å². The number of aromatic nitrogens is 4. The molecule has 4 atom stereocenters. The van der Waals surface area contributed by atoms with Crippen molar-refractivity contribution in [1.82, 2.24) is 19.5 Å². The lowest BCUT2D eigenvalue weighted by Gasteiger charge is -2.28. The molecule has 1 fully saturated rings. The van der Waals surface area contributed by atoms with Gasteiger partial charge >= 0.3 is 11.9 Å². The number of amides is 1. The molecule has 0 spiro atoms. The molecule has 13 heteroatoms. The van der Waals surface area contributed by atoms with Gasteiger partial charge in [0.2, 0.25) is 11.9 Å². The SMILES string of the molecule is CNc1nc(NC(=O)CC(C)C)nc2c1ncn2[C@@H]1O[C@H](COC(=O)Cc2ccccc2)[C@@H](OC(=O)CC(C)C)[C@@]1(C)F. The van der Waals surface area contributed by atoms with E-state index in [-0.39, 0.29) is 55.2 Å². The summed E-state index contributed by atoms with van der Waals surface area (Å²) in [6, 6.07) is 9.05. The Bertz CT molecular complexity index is 1440. The summed E-state index contributed by atoms with van der Waals surface area (Å²) in [6.45, 7) is 8.44. The highest BCUT2D eigenvalue weighted by molar-refractivity contribution is 5.91. The maximum Gasteiger partial charge on any atom is 0.310 e. The van der Waals surface area contributed by atoms with E-state index >= 15 is 4.39 Å². The van der Waals surface area contributed by atoms with Crippen LogP contribution < -0.4 is 10.6 Å². The second-order valence-electron chi connectivity index (χ2n) is 11.6. The molecule has 0 bridgehead atoms. The van der Waals surface area contributed by atoms with Crippen molar-refractivity contribution in [2.45, 2.75) is 78.0 Å². The molecule has 12 nitrogen and oxygen atoms in total. The number of rotatable bonds is 12. The van der Waals surface area contributed by atoms with Crippen molar-refractivity contribution in [3.8, 4) is 0 Å². The molecular weight excluding hydrogens is 559 g/mol. The number of nitrogens with zero attached hydrogens (tertiary/aromatic N) is 4. The van der Waals surface area contributed by atoms with Crippen LogP contribution in [0.3, 0.4) is 0 Å². The van der Waals surface area contributed by atoms with Crippen LogP contribution in [0.25, 0.3) is 11.2 Å². The Hall–Kier alpha value is -4.13. The van der Waals surface area contributed by atoms with Gasteiger partial charge in [-0.15, -0.1) is 0 Å². The average molecular weight is 599 g/mol. The first-order valence-corrected chi connectivity index (χ1v) is 14.3. The van der Waals surface area contributed by atoms with Gasteiger partial charge in [-0.1, -0.05) is 58.0 Å². The third kappa shape index (κ3) is 7.64. The van der Waals surface area contributed by atoms with E-state index in [1.165, 1.54) is 17.8 Å². The fraction of sp³-hybridized carbons (Fsp3) is 0.533. The van der Waals surface area contributed by atoms with Gasteiger partial charge in [-0.2, -0.15) is 9.97 Å². The van der Waals surface area contributed by atoms with Gasteiger partial charge in [0.25, 0.3) is 0 Å². The molecular formula is C30H39FN6O6. The fourth-order valence-electron chi connectivity index (χ4n) is 4.91. The Kier molecular flexibility index (Phi) is 9.95. The molecule has 3 heterocycles. The molecule has 0 radical (unpaired) electrons. The van der Waals surface area contributed by atoms with Crippen LogP contribution in [0.5, 0.6) is 0 Å². The number of anilines is 2. The number of imidazole rings is 1. The smallest absolute Gasteiger partial charge is 0.310 e. The highest BCUT2D eigenvalue weighted by atomic mass is 19.1. The summed E-state index contributed by atoms with van der Waals surface area (Å²) in [7, 11) is 1.63. The van der Waals surface area contributed by atoms with E-state index in [1.807, 2.05) is 45.9 Å². The Morgan fingerprint density at radius 1 is 1.07 bits per heavy atom. The minimum atomic E-state index is -2.29. The topological polar surface area (TPSA) is 147 Å². The lowest BCUT2D eigenvalue weighted by atomic mass is 9.98. The highest BCUT2D eigenvalue weighted by Crippen LogP contribution is 2.44.